The highest BCUT2D eigenvalue weighted by Crippen LogP contribution is 2.44. The molecule has 1 aliphatic rings. The molecule has 0 unspecified atom stereocenters. The minimum atomic E-state index is -0.441. The van der Waals surface area contributed by atoms with Crippen molar-refractivity contribution in [3.05, 3.63) is 53.3 Å². The SMILES string of the molecule is C[C@H]1CCN1c1snc2c(F)c(-c3cc(O)cc4ccccc34)c(Cl)cc12. The Bertz CT molecular complexity index is 1210. The highest BCUT2D eigenvalue weighted by atomic mass is 35.5. The second-order valence-corrected chi connectivity index (χ2v) is 8.14. The standard InChI is InChI=1S/C21H16ClFN2OS/c1-11-6-7-25(11)21-16-10-17(22)18(19(23)20(16)24-27-21)15-9-13(26)8-12-4-2-3-5-14(12)15/h2-5,8-11,26H,6-7H2,1H3/t11-/m0/s1. The maximum absolute atomic E-state index is 15.5. The van der Waals surface area contributed by atoms with Crippen LogP contribution in [0.4, 0.5) is 9.39 Å². The van der Waals surface area contributed by atoms with Crippen LogP contribution in [-0.2, 0) is 0 Å². The predicted molar refractivity (Wildman–Crippen MR) is 111 cm³/mol. The third-order valence-corrected chi connectivity index (χ3v) is 6.54. The molecule has 136 valence electrons. The minimum absolute atomic E-state index is 0.0765. The number of aromatic hydroxyl groups is 1. The van der Waals surface area contributed by atoms with Gasteiger partial charge in [0.1, 0.15) is 16.3 Å². The molecule has 0 saturated carbocycles. The highest BCUT2D eigenvalue weighted by Gasteiger charge is 2.29. The maximum Gasteiger partial charge on any atom is 0.159 e. The molecule has 3 aromatic carbocycles. The summed E-state index contributed by atoms with van der Waals surface area (Å²) >= 11 is 7.88. The summed E-state index contributed by atoms with van der Waals surface area (Å²) in [4.78, 5) is 2.24. The van der Waals surface area contributed by atoms with E-state index in [2.05, 4.69) is 16.2 Å². The van der Waals surface area contributed by atoms with Gasteiger partial charge in [0.05, 0.1) is 5.02 Å². The molecule has 2 heterocycles. The smallest absolute Gasteiger partial charge is 0.159 e. The van der Waals surface area contributed by atoms with E-state index in [1.54, 1.807) is 18.2 Å². The number of phenolic OH excluding ortho intramolecular Hbond substituents is 1. The molecule has 1 N–H and O–H groups in total. The van der Waals surface area contributed by atoms with Crippen molar-refractivity contribution < 1.29 is 9.50 Å². The van der Waals surface area contributed by atoms with Crippen molar-refractivity contribution in [2.24, 2.45) is 0 Å². The molecular formula is C21H16ClFN2OS. The van der Waals surface area contributed by atoms with Crippen LogP contribution in [0.25, 0.3) is 32.8 Å². The quantitative estimate of drug-likeness (QED) is 0.436. The number of hydrogen-bond acceptors (Lipinski definition) is 4. The zero-order valence-electron chi connectivity index (χ0n) is 14.5. The molecule has 0 bridgehead atoms. The third-order valence-electron chi connectivity index (χ3n) is 5.34. The molecule has 0 amide bonds. The van der Waals surface area contributed by atoms with Crippen molar-refractivity contribution in [3.8, 4) is 16.9 Å². The van der Waals surface area contributed by atoms with Crippen molar-refractivity contribution in [3.63, 3.8) is 0 Å². The molecule has 1 saturated heterocycles. The zero-order valence-corrected chi connectivity index (χ0v) is 16.1. The van der Waals surface area contributed by atoms with Crippen LogP contribution in [0.2, 0.25) is 5.02 Å². The first kappa shape index (κ1) is 16.8. The van der Waals surface area contributed by atoms with Crippen LogP contribution in [-0.4, -0.2) is 22.1 Å². The van der Waals surface area contributed by atoms with Gasteiger partial charge in [-0.05, 0) is 59.4 Å². The van der Waals surface area contributed by atoms with E-state index in [9.17, 15) is 5.11 Å². The number of fused-ring (bicyclic) bond motifs is 2. The number of halogens is 2. The summed E-state index contributed by atoms with van der Waals surface area (Å²) in [6.45, 7) is 3.11. The van der Waals surface area contributed by atoms with Gasteiger partial charge in [-0.2, -0.15) is 4.37 Å². The second-order valence-electron chi connectivity index (χ2n) is 6.98. The van der Waals surface area contributed by atoms with Crippen LogP contribution in [0.5, 0.6) is 5.75 Å². The van der Waals surface area contributed by atoms with E-state index in [0.717, 1.165) is 34.1 Å². The van der Waals surface area contributed by atoms with Gasteiger partial charge in [0.15, 0.2) is 5.82 Å². The lowest BCUT2D eigenvalue weighted by Gasteiger charge is -2.39. The fourth-order valence-corrected chi connectivity index (χ4v) is 5.05. The van der Waals surface area contributed by atoms with Gasteiger partial charge in [-0.3, -0.25) is 0 Å². The fraction of sp³-hybridized carbons (Fsp3) is 0.190. The Balaban J connectivity index is 1.78. The molecule has 5 rings (SSSR count). The van der Waals surface area contributed by atoms with Gasteiger partial charge in [0, 0.05) is 23.5 Å². The van der Waals surface area contributed by atoms with Crippen molar-refractivity contribution in [1.29, 1.82) is 0 Å². The Morgan fingerprint density at radius 3 is 2.78 bits per heavy atom. The van der Waals surface area contributed by atoms with Crippen LogP contribution in [0.3, 0.4) is 0 Å². The molecule has 1 fully saturated rings. The molecule has 0 aliphatic carbocycles. The maximum atomic E-state index is 15.5. The lowest BCUT2D eigenvalue weighted by molar-refractivity contribution is 0.476. The first-order valence-electron chi connectivity index (χ1n) is 8.80. The lowest BCUT2D eigenvalue weighted by Crippen LogP contribution is -2.45. The van der Waals surface area contributed by atoms with E-state index >= 15 is 4.39 Å². The minimum Gasteiger partial charge on any atom is -0.508 e. The number of phenols is 1. The van der Waals surface area contributed by atoms with E-state index in [0.29, 0.717) is 22.1 Å². The zero-order chi connectivity index (χ0) is 18.7. The number of rotatable bonds is 2. The second kappa shape index (κ2) is 6.08. The van der Waals surface area contributed by atoms with E-state index < -0.39 is 5.82 Å². The molecule has 1 atom stereocenters. The summed E-state index contributed by atoms with van der Waals surface area (Å²) in [6, 6.07) is 13.0. The number of aromatic nitrogens is 1. The lowest BCUT2D eigenvalue weighted by atomic mass is 9.96. The van der Waals surface area contributed by atoms with E-state index in [1.165, 1.54) is 11.5 Å². The monoisotopic (exact) mass is 398 g/mol. The van der Waals surface area contributed by atoms with Crippen molar-refractivity contribution in [2.45, 2.75) is 19.4 Å². The summed E-state index contributed by atoms with van der Waals surface area (Å²) in [7, 11) is 0. The Morgan fingerprint density at radius 1 is 1.22 bits per heavy atom. The molecule has 1 aromatic heterocycles. The molecular weight excluding hydrogens is 383 g/mol. The van der Waals surface area contributed by atoms with Gasteiger partial charge in [-0.15, -0.1) is 0 Å². The van der Waals surface area contributed by atoms with Crippen molar-refractivity contribution in [2.75, 3.05) is 11.4 Å². The van der Waals surface area contributed by atoms with Gasteiger partial charge in [0.25, 0.3) is 0 Å². The molecule has 6 heteroatoms. The number of benzene rings is 3. The van der Waals surface area contributed by atoms with Crippen LogP contribution in [0.15, 0.2) is 42.5 Å². The van der Waals surface area contributed by atoms with Gasteiger partial charge in [-0.1, -0.05) is 35.9 Å². The first-order valence-corrected chi connectivity index (χ1v) is 9.96. The number of hydrogen-bond donors (Lipinski definition) is 1. The predicted octanol–water partition coefficient (Wildman–Crippen LogP) is 6.21. The largest absolute Gasteiger partial charge is 0.508 e. The van der Waals surface area contributed by atoms with Crippen molar-refractivity contribution >= 4 is 49.8 Å². The normalized spacial score (nSPS) is 16.9. The fourth-order valence-electron chi connectivity index (χ4n) is 3.77. The van der Waals surface area contributed by atoms with Crippen LogP contribution >= 0.6 is 23.1 Å². The van der Waals surface area contributed by atoms with Crippen molar-refractivity contribution in [1.82, 2.24) is 4.37 Å². The summed E-state index contributed by atoms with van der Waals surface area (Å²) in [5.74, 6) is -0.364. The molecule has 27 heavy (non-hydrogen) atoms. The molecule has 0 spiro atoms. The van der Waals surface area contributed by atoms with Gasteiger partial charge in [-0.25, -0.2) is 4.39 Å². The van der Waals surface area contributed by atoms with E-state index in [4.69, 9.17) is 11.6 Å². The molecule has 4 aromatic rings. The molecule has 0 radical (unpaired) electrons. The number of nitrogens with zero attached hydrogens (tertiary/aromatic N) is 2. The summed E-state index contributed by atoms with van der Waals surface area (Å²) in [5.41, 5.74) is 1.19. The molecule has 1 aliphatic heterocycles. The van der Waals surface area contributed by atoms with Crippen LogP contribution < -0.4 is 4.90 Å². The Morgan fingerprint density at radius 2 is 2.04 bits per heavy atom. The first-order chi connectivity index (χ1) is 13.0. The van der Waals surface area contributed by atoms with E-state index in [-0.39, 0.29) is 11.3 Å². The third kappa shape index (κ3) is 2.49. The Kier molecular flexibility index (Phi) is 3.78. The molecule has 3 nitrogen and oxygen atoms in total. The van der Waals surface area contributed by atoms with Gasteiger partial charge < -0.3 is 10.0 Å². The highest BCUT2D eigenvalue weighted by molar-refractivity contribution is 7.11. The Labute approximate surface area is 164 Å². The van der Waals surface area contributed by atoms with Gasteiger partial charge in [0.2, 0.25) is 0 Å². The average molecular weight is 399 g/mol. The summed E-state index contributed by atoms with van der Waals surface area (Å²) in [5, 5.41) is 13.8. The van der Waals surface area contributed by atoms with Crippen LogP contribution in [0, 0.1) is 5.82 Å². The number of anilines is 1. The summed E-state index contributed by atoms with van der Waals surface area (Å²) in [6.07, 6.45) is 1.13. The van der Waals surface area contributed by atoms with E-state index in [1.807, 2.05) is 24.3 Å². The van der Waals surface area contributed by atoms with Gasteiger partial charge >= 0.3 is 0 Å². The Hall–Kier alpha value is -2.37. The van der Waals surface area contributed by atoms with Crippen LogP contribution in [0.1, 0.15) is 13.3 Å². The topological polar surface area (TPSA) is 36.4 Å². The average Bonchev–Trinajstić information content (AvgIpc) is 3.03. The summed E-state index contributed by atoms with van der Waals surface area (Å²) < 4.78 is 19.9.